The number of hydrogen-bond acceptors (Lipinski definition) is 3. The van der Waals surface area contributed by atoms with E-state index in [1.807, 2.05) is 35.3 Å². The number of amides is 1. The number of carboxylic acid groups (broad SMARTS) is 1. The summed E-state index contributed by atoms with van der Waals surface area (Å²) in [5.41, 5.74) is 1.28. The Morgan fingerprint density at radius 1 is 1.21 bits per heavy atom. The van der Waals surface area contributed by atoms with Crippen molar-refractivity contribution >= 4 is 11.9 Å². The maximum absolute atomic E-state index is 12.2. The highest BCUT2D eigenvalue weighted by Gasteiger charge is 2.28. The van der Waals surface area contributed by atoms with Gasteiger partial charge in [-0.25, -0.2) is 0 Å². The summed E-state index contributed by atoms with van der Waals surface area (Å²) in [5.74, 6) is -0.412. The van der Waals surface area contributed by atoms with E-state index in [1.165, 1.54) is 5.56 Å². The Hall–Kier alpha value is -2.14. The number of aliphatic carboxylic acids is 1. The molecule has 3 atom stereocenters. The van der Waals surface area contributed by atoms with Crippen LogP contribution in [0.25, 0.3) is 0 Å². The summed E-state index contributed by atoms with van der Waals surface area (Å²) >= 11 is 0. The summed E-state index contributed by atoms with van der Waals surface area (Å²) in [6.45, 7) is 2.77. The van der Waals surface area contributed by atoms with E-state index in [0.29, 0.717) is 19.4 Å². The number of rotatable bonds is 13. The molecule has 0 spiro atoms. The van der Waals surface area contributed by atoms with Crippen molar-refractivity contribution in [2.75, 3.05) is 6.54 Å². The fourth-order valence-corrected chi connectivity index (χ4v) is 3.80. The van der Waals surface area contributed by atoms with Gasteiger partial charge in [-0.15, -0.1) is 0 Å². The lowest BCUT2D eigenvalue weighted by atomic mass is 9.95. The van der Waals surface area contributed by atoms with E-state index < -0.39 is 12.1 Å². The van der Waals surface area contributed by atoms with Crippen LogP contribution >= 0.6 is 0 Å². The molecule has 0 aliphatic carbocycles. The van der Waals surface area contributed by atoms with E-state index >= 15 is 0 Å². The Bertz CT molecular complexity index is 658. The van der Waals surface area contributed by atoms with Gasteiger partial charge in [-0.05, 0) is 43.6 Å². The molecule has 5 nitrogen and oxygen atoms in total. The second-order valence-corrected chi connectivity index (χ2v) is 8.13. The van der Waals surface area contributed by atoms with Crippen LogP contribution in [0, 0.1) is 5.92 Å². The largest absolute Gasteiger partial charge is 0.481 e. The van der Waals surface area contributed by atoms with Crippen molar-refractivity contribution in [2.24, 2.45) is 5.92 Å². The molecular weight excluding hydrogens is 366 g/mol. The number of aliphatic hydroxyl groups excluding tert-OH is 1. The van der Waals surface area contributed by atoms with Gasteiger partial charge in [0.05, 0.1) is 12.1 Å². The van der Waals surface area contributed by atoms with Crippen molar-refractivity contribution in [2.45, 2.75) is 76.9 Å². The number of benzene rings is 1. The van der Waals surface area contributed by atoms with E-state index in [1.54, 1.807) is 0 Å². The van der Waals surface area contributed by atoms with Crippen LogP contribution in [0.1, 0.15) is 63.9 Å². The van der Waals surface area contributed by atoms with Crippen LogP contribution in [0.5, 0.6) is 0 Å². The van der Waals surface area contributed by atoms with Crippen molar-refractivity contribution < 1.29 is 19.8 Å². The van der Waals surface area contributed by atoms with Crippen LogP contribution in [-0.4, -0.2) is 45.7 Å². The van der Waals surface area contributed by atoms with Crippen molar-refractivity contribution in [1.82, 2.24) is 4.90 Å². The topological polar surface area (TPSA) is 77.8 Å². The quantitative estimate of drug-likeness (QED) is 0.384. The van der Waals surface area contributed by atoms with E-state index in [4.69, 9.17) is 5.11 Å². The molecule has 0 bridgehead atoms. The molecule has 1 aliphatic rings. The van der Waals surface area contributed by atoms with Gasteiger partial charge in [0.15, 0.2) is 0 Å². The SMILES string of the molecule is C[C@@H](CCc1ccccc1)[C@@H](O)C=C[C@H]1CCC(=O)N1CCCCCCC(=O)O. The summed E-state index contributed by atoms with van der Waals surface area (Å²) in [6.07, 6.45) is 10.2. The molecule has 1 aromatic rings. The highest BCUT2D eigenvalue weighted by atomic mass is 16.4. The van der Waals surface area contributed by atoms with E-state index in [-0.39, 0.29) is 24.3 Å². The molecule has 2 rings (SSSR count). The van der Waals surface area contributed by atoms with Crippen LogP contribution in [0.4, 0.5) is 0 Å². The van der Waals surface area contributed by atoms with Gasteiger partial charge in [0.1, 0.15) is 0 Å². The van der Waals surface area contributed by atoms with Crippen molar-refractivity contribution in [3.05, 3.63) is 48.0 Å². The van der Waals surface area contributed by atoms with E-state index in [0.717, 1.165) is 38.5 Å². The zero-order valence-electron chi connectivity index (χ0n) is 17.5. The zero-order valence-corrected chi connectivity index (χ0v) is 17.5. The minimum Gasteiger partial charge on any atom is -0.481 e. The van der Waals surface area contributed by atoms with Gasteiger partial charge in [-0.1, -0.05) is 62.2 Å². The van der Waals surface area contributed by atoms with E-state index in [2.05, 4.69) is 19.1 Å². The summed E-state index contributed by atoms with van der Waals surface area (Å²) in [6, 6.07) is 10.4. The molecule has 1 aliphatic heterocycles. The summed E-state index contributed by atoms with van der Waals surface area (Å²) in [5, 5.41) is 19.2. The Morgan fingerprint density at radius 2 is 1.93 bits per heavy atom. The number of likely N-dealkylation sites (tertiary alicyclic amines) is 1. The molecule has 1 saturated heterocycles. The molecule has 1 amide bonds. The Labute approximate surface area is 174 Å². The minimum atomic E-state index is -0.749. The summed E-state index contributed by atoms with van der Waals surface area (Å²) < 4.78 is 0. The van der Waals surface area contributed by atoms with Gasteiger partial charge in [0.25, 0.3) is 0 Å². The lowest BCUT2D eigenvalue weighted by molar-refractivity contribution is -0.137. The van der Waals surface area contributed by atoms with Crippen molar-refractivity contribution in [3.63, 3.8) is 0 Å². The van der Waals surface area contributed by atoms with Crippen molar-refractivity contribution in [3.8, 4) is 0 Å². The zero-order chi connectivity index (χ0) is 21.1. The average molecular weight is 402 g/mol. The molecule has 5 heteroatoms. The van der Waals surface area contributed by atoms with Gasteiger partial charge in [0, 0.05) is 19.4 Å². The Balaban J connectivity index is 1.73. The lowest BCUT2D eigenvalue weighted by Gasteiger charge is -2.23. The van der Waals surface area contributed by atoms with Gasteiger partial charge in [0.2, 0.25) is 5.91 Å². The highest BCUT2D eigenvalue weighted by molar-refractivity contribution is 5.79. The number of carboxylic acids is 1. The standard InChI is InChI=1S/C24H35NO4/c1-19(12-13-20-9-5-4-6-10-20)22(26)16-14-21-15-17-23(27)25(21)18-8-3-2-7-11-24(28)29/h4-6,9-10,14,16,19,21-22,26H,2-3,7-8,11-13,15,17-18H2,1H3,(H,28,29)/t19-,21-,22-/m0/s1. The second-order valence-electron chi connectivity index (χ2n) is 8.13. The third-order valence-electron chi connectivity index (χ3n) is 5.76. The first-order chi connectivity index (χ1) is 14.0. The molecule has 1 aromatic carbocycles. The predicted molar refractivity (Wildman–Crippen MR) is 115 cm³/mol. The molecule has 0 aromatic heterocycles. The first kappa shape index (κ1) is 23.1. The number of unbranched alkanes of at least 4 members (excludes halogenated alkanes) is 3. The molecule has 1 heterocycles. The molecule has 0 saturated carbocycles. The number of hydrogen-bond donors (Lipinski definition) is 2. The monoisotopic (exact) mass is 401 g/mol. The number of carbonyl (C=O) groups excluding carboxylic acids is 1. The van der Waals surface area contributed by atoms with Crippen molar-refractivity contribution in [1.29, 1.82) is 0 Å². The fraction of sp³-hybridized carbons (Fsp3) is 0.583. The van der Waals surface area contributed by atoms with Crippen LogP contribution in [0.2, 0.25) is 0 Å². The van der Waals surface area contributed by atoms with Crippen LogP contribution < -0.4 is 0 Å². The van der Waals surface area contributed by atoms with E-state index in [9.17, 15) is 14.7 Å². The summed E-state index contributed by atoms with van der Waals surface area (Å²) in [7, 11) is 0. The molecule has 0 unspecified atom stereocenters. The van der Waals surface area contributed by atoms with Crippen LogP contribution in [0.3, 0.4) is 0 Å². The highest BCUT2D eigenvalue weighted by Crippen LogP contribution is 2.22. The van der Waals surface area contributed by atoms with Crippen LogP contribution in [0.15, 0.2) is 42.5 Å². The molecular formula is C24H35NO4. The number of nitrogens with zero attached hydrogens (tertiary/aromatic N) is 1. The minimum absolute atomic E-state index is 0.0671. The third kappa shape index (κ3) is 8.40. The molecule has 0 radical (unpaired) electrons. The second kappa shape index (κ2) is 12.4. The number of aryl methyl sites for hydroxylation is 1. The number of aliphatic hydroxyl groups is 1. The summed E-state index contributed by atoms with van der Waals surface area (Å²) in [4.78, 5) is 24.6. The Morgan fingerprint density at radius 3 is 2.66 bits per heavy atom. The first-order valence-corrected chi connectivity index (χ1v) is 10.9. The maximum Gasteiger partial charge on any atom is 0.303 e. The van der Waals surface area contributed by atoms with Gasteiger partial charge >= 0.3 is 5.97 Å². The molecule has 160 valence electrons. The number of carbonyl (C=O) groups is 2. The maximum atomic E-state index is 12.2. The molecule has 29 heavy (non-hydrogen) atoms. The molecule has 1 fully saturated rings. The van der Waals surface area contributed by atoms with Gasteiger partial charge < -0.3 is 15.1 Å². The van der Waals surface area contributed by atoms with Gasteiger partial charge in [-0.3, -0.25) is 9.59 Å². The lowest BCUT2D eigenvalue weighted by Crippen LogP contribution is -2.33. The Kier molecular flexibility index (Phi) is 9.92. The fourth-order valence-electron chi connectivity index (χ4n) is 3.80. The normalized spacial score (nSPS) is 19.0. The smallest absolute Gasteiger partial charge is 0.303 e. The average Bonchev–Trinajstić information content (AvgIpc) is 3.07. The van der Waals surface area contributed by atoms with Gasteiger partial charge in [-0.2, -0.15) is 0 Å². The first-order valence-electron chi connectivity index (χ1n) is 10.9. The van der Waals surface area contributed by atoms with Crippen LogP contribution in [-0.2, 0) is 16.0 Å². The third-order valence-corrected chi connectivity index (χ3v) is 5.76. The molecule has 2 N–H and O–H groups in total. The predicted octanol–water partition coefficient (Wildman–Crippen LogP) is 4.20.